The highest BCUT2D eigenvalue weighted by atomic mass is 32.1. The zero-order chi connectivity index (χ0) is 27.8. The van der Waals surface area contributed by atoms with Crippen LogP contribution in [0.3, 0.4) is 0 Å². The second-order valence-corrected chi connectivity index (χ2v) is 9.30. The maximum atomic E-state index is 13.4. The van der Waals surface area contributed by atoms with Crippen molar-refractivity contribution in [3.05, 3.63) is 81.7 Å². The van der Waals surface area contributed by atoms with Gasteiger partial charge in [0.1, 0.15) is 17.5 Å². The molecule has 39 heavy (non-hydrogen) atoms. The lowest BCUT2D eigenvalue weighted by Crippen LogP contribution is -2.33. The third-order valence-electron chi connectivity index (χ3n) is 5.82. The summed E-state index contributed by atoms with van der Waals surface area (Å²) in [7, 11) is 2.86. The summed E-state index contributed by atoms with van der Waals surface area (Å²) in [6, 6.07) is 14.9. The monoisotopic (exact) mass is 552 g/mol. The molecule has 0 saturated carbocycles. The number of ether oxygens (including phenoxy) is 3. The molecule has 0 bridgehead atoms. The molecule has 0 spiro atoms. The van der Waals surface area contributed by atoms with Gasteiger partial charge in [-0.1, -0.05) is 30.3 Å². The van der Waals surface area contributed by atoms with Crippen molar-refractivity contribution in [2.24, 2.45) is 0 Å². The minimum atomic E-state index is -1.13. The molecule has 0 aliphatic rings. The van der Waals surface area contributed by atoms with Gasteiger partial charge < -0.3 is 29.6 Å². The van der Waals surface area contributed by atoms with Crippen molar-refractivity contribution in [3.8, 4) is 22.9 Å². The number of aromatic amines is 1. The van der Waals surface area contributed by atoms with Crippen LogP contribution in [0.2, 0.25) is 0 Å². The quantitative estimate of drug-likeness (QED) is 0.179. The third kappa shape index (κ3) is 6.72. The van der Waals surface area contributed by atoms with E-state index >= 15 is 0 Å². The normalized spacial score (nSPS) is 11.6. The van der Waals surface area contributed by atoms with Gasteiger partial charge in [-0.15, -0.1) is 11.3 Å². The van der Waals surface area contributed by atoms with Crippen LogP contribution in [0.25, 0.3) is 11.3 Å². The van der Waals surface area contributed by atoms with Crippen LogP contribution in [-0.4, -0.2) is 59.0 Å². The van der Waals surface area contributed by atoms with E-state index in [0.29, 0.717) is 24.5 Å². The van der Waals surface area contributed by atoms with Crippen molar-refractivity contribution in [3.63, 3.8) is 0 Å². The number of benzene rings is 2. The van der Waals surface area contributed by atoms with Gasteiger partial charge >= 0.3 is 11.7 Å². The van der Waals surface area contributed by atoms with Gasteiger partial charge in [0.25, 0.3) is 0 Å². The maximum absolute atomic E-state index is 13.4. The predicted octanol–water partition coefficient (Wildman–Crippen LogP) is 3.63. The smallest absolute Gasteiger partial charge is 0.357 e. The van der Waals surface area contributed by atoms with Crippen molar-refractivity contribution in [1.29, 1.82) is 0 Å². The Labute approximate surface area is 228 Å². The summed E-state index contributed by atoms with van der Waals surface area (Å²) >= 11 is 1.04. The number of amides is 1. The number of aromatic hydroxyl groups is 1. The van der Waals surface area contributed by atoms with E-state index in [2.05, 4.69) is 20.0 Å². The van der Waals surface area contributed by atoms with Crippen LogP contribution < -0.4 is 15.7 Å². The molecule has 11 nitrogen and oxygen atoms in total. The number of imidazole rings is 1. The molecule has 204 valence electrons. The van der Waals surface area contributed by atoms with E-state index in [9.17, 15) is 19.5 Å². The molecule has 0 aliphatic carbocycles. The molecule has 1 atom stereocenters. The van der Waals surface area contributed by atoms with Gasteiger partial charge in [-0.25, -0.2) is 19.1 Å². The summed E-state index contributed by atoms with van der Waals surface area (Å²) in [5, 5.41) is 15.4. The summed E-state index contributed by atoms with van der Waals surface area (Å²) in [4.78, 5) is 45.0. The molecule has 0 aliphatic heterocycles. The number of carbonyl (C=O) groups is 2. The van der Waals surface area contributed by atoms with Crippen LogP contribution >= 0.6 is 11.3 Å². The van der Waals surface area contributed by atoms with E-state index in [1.807, 2.05) is 30.3 Å². The average Bonchev–Trinajstić information content (AvgIpc) is 3.54. The van der Waals surface area contributed by atoms with Crippen molar-refractivity contribution in [2.45, 2.75) is 18.9 Å². The molecule has 0 radical (unpaired) electrons. The van der Waals surface area contributed by atoms with Gasteiger partial charge in [0.05, 0.1) is 13.7 Å². The Hall–Kier alpha value is -4.42. The first-order valence-corrected chi connectivity index (χ1v) is 12.9. The number of methoxy groups -OCH3 is 2. The number of aromatic nitrogens is 3. The lowest BCUT2D eigenvalue weighted by atomic mass is 10.0. The van der Waals surface area contributed by atoms with Gasteiger partial charge in [-0.2, -0.15) is 0 Å². The summed E-state index contributed by atoms with van der Waals surface area (Å²) in [6.07, 6.45) is 0.853. The SMILES string of the molecule is COCCCOc1ccc(-c2[nH]c(=O)n([C@@H](Cc3ccccc3)C(=O)Nc3nc(C(=O)OC)cs3)c2O)cc1. The highest BCUT2D eigenvalue weighted by Gasteiger charge is 2.29. The average molecular weight is 553 g/mol. The zero-order valence-electron chi connectivity index (χ0n) is 21.4. The fourth-order valence-corrected chi connectivity index (χ4v) is 4.58. The second-order valence-electron chi connectivity index (χ2n) is 8.44. The number of hydrogen-bond acceptors (Lipinski definition) is 9. The maximum Gasteiger partial charge on any atom is 0.357 e. The lowest BCUT2D eigenvalue weighted by Gasteiger charge is -2.18. The minimum absolute atomic E-state index is 0.0486. The summed E-state index contributed by atoms with van der Waals surface area (Å²) < 4.78 is 16.4. The molecule has 3 N–H and O–H groups in total. The number of H-pyrrole nitrogens is 1. The van der Waals surface area contributed by atoms with Crippen LogP contribution in [0.1, 0.15) is 28.5 Å². The Bertz CT molecular complexity index is 1460. The van der Waals surface area contributed by atoms with E-state index in [0.717, 1.165) is 27.9 Å². The van der Waals surface area contributed by atoms with E-state index in [4.69, 9.17) is 9.47 Å². The highest BCUT2D eigenvalue weighted by molar-refractivity contribution is 7.14. The number of nitrogens with one attached hydrogen (secondary N) is 2. The molecular weight excluding hydrogens is 524 g/mol. The van der Waals surface area contributed by atoms with Gasteiger partial charge in [-0.3, -0.25) is 4.79 Å². The van der Waals surface area contributed by atoms with Crippen LogP contribution in [0.4, 0.5) is 5.13 Å². The molecule has 1 amide bonds. The van der Waals surface area contributed by atoms with Crippen LogP contribution in [0.5, 0.6) is 11.6 Å². The molecule has 0 unspecified atom stereocenters. The number of carbonyl (C=O) groups excluding carboxylic acids is 2. The largest absolute Gasteiger partial charge is 0.494 e. The molecule has 4 rings (SSSR count). The third-order valence-corrected chi connectivity index (χ3v) is 6.58. The Morgan fingerprint density at radius 1 is 1.10 bits per heavy atom. The van der Waals surface area contributed by atoms with Gasteiger partial charge in [0.15, 0.2) is 10.8 Å². The first-order chi connectivity index (χ1) is 18.9. The fourth-order valence-electron chi connectivity index (χ4n) is 3.90. The number of anilines is 1. The van der Waals surface area contributed by atoms with Crippen molar-refractivity contribution in [2.75, 3.05) is 32.8 Å². The molecular formula is C27H28N4O7S. The number of esters is 1. The number of thiazole rings is 1. The van der Waals surface area contributed by atoms with E-state index in [-0.39, 0.29) is 28.8 Å². The first kappa shape index (κ1) is 27.6. The van der Waals surface area contributed by atoms with E-state index in [1.165, 1.54) is 12.5 Å². The fraction of sp³-hybridized carbons (Fsp3) is 0.259. The molecule has 4 aromatic rings. The second kappa shape index (κ2) is 12.9. The van der Waals surface area contributed by atoms with Crippen LogP contribution in [0.15, 0.2) is 64.8 Å². The Kier molecular flexibility index (Phi) is 9.13. The van der Waals surface area contributed by atoms with Crippen molar-refractivity contribution < 1.29 is 28.9 Å². The molecule has 2 heterocycles. The number of rotatable bonds is 12. The predicted molar refractivity (Wildman–Crippen MR) is 145 cm³/mol. The molecule has 2 aromatic carbocycles. The summed E-state index contributed by atoms with van der Waals surface area (Å²) in [6.45, 7) is 1.08. The van der Waals surface area contributed by atoms with Gasteiger partial charge in [0, 0.05) is 37.5 Å². The van der Waals surface area contributed by atoms with Gasteiger partial charge in [-0.05, 0) is 29.8 Å². The topological polar surface area (TPSA) is 145 Å². The summed E-state index contributed by atoms with van der Waals surface area (Å²) in [5.41, 5.74) is 0.865. The lowest BCUT2D eigenvalue weighted by molar-refractivity contribution is -0.119. The Morgan fingerprint density at radius 3 is 2.54 bits per heavy atom. The first-order valence-electron chi connectivity index (χ1n) is 12.1. The van der Waals surface area contributed by atoms with Crippen LogP contribution in [-0.2, 0) is 20.7 Å². The Morgan fingerprint density at radius 2 is 1.85 bits per heavy atom. The molecule has 0 fully saturated rings. The standard InChI is InChI=1S/C27H28N4O7S/c1-36-13-6-14-38-19-11-9-18(10-12-19)22-24(33)31(27(35)29-22)21(15-17-7-4-3-5-8-17)23(32)30-26-28-20(16-39-26)25(34)37-2/h3-5,7-12,16,21,33H,6,13-15H2,1-2H3,(H,29,35)(H,28,30,32)/t21-/m0/s1. The highest BCUT2D eigenvalue weighted by Crippen LogP contribution is 2.31. The van der Waals surface area contributed by atoms with Crippen molar-refractivity contribution >= 4 is 28.3 Å². The summed E-state index contributed by atoms with van der Waals surface area (Å²) in [5.74, 6) is -0.984. The van der Waals surface area contributed by atoms with Gasteiger partial charge in [0.2, 0.25) is 11.8 Å². The van der Waals surface area contributed by atoms with Crippen LogP contribution in [0, 0.1) is 0 Å². The molecule has 12 heteroatoms. The molecule has 2 aromatic heterocycles. The minimum Gasteiger partial charge on any atom is -0.494 e. The zero-order valence-corrected chi connectivity index (χ0v) is 22.2. The van der Waals surface area contributed by atoms with E-state index in [1.54, 1.807) is 31.4 Å². The van der Waals surface area contributed by atoms with Crippen molar-refractivity contribution in [1.82, 2.24) is 14.5 Å². The Balaban J connectivity index is 1.61. The van der Waals surface area contributed by atoms with E-state index < -0.39 is 23.6 Å². The number of hydrogen-bond donors (Lipinski definition) is 3. The number of nitrogens with zero attached hydrogens (tertiary/aromatic N) is 2. The molecule has 0 saturated heterocycles.